The van der Waals surface area contributed by atoms with Crippen molar-refractivity contribution in [2.75, 3.05) is 11.9 Å². The molecule has 2 aromatic carbocycles. The number of carbonyl (C=O) groups excluding carboxylic acids is 1. The highest BCUT2D eigenvalue weighted by Gasteiger charge is 2.65. The summed E-state index contributed by atoms with van der Waals surface area (Å²) in [6.07, 6.45) is -0.241. The van der Waals surface area contributed by atoms with Gasteiger partial charge in [-0.15, -0.1) is 0 Å². The van der Waals surface area contributed by atoms with Gasteiger partial charge in [0.1, 0.15) is 6.61 Å². The average Bonchev–Trinajstić information content (AvgIpc) is 2.98. The number of alkyl halides is 1. The molecule has 2 heterocycles. The molecule has 0 spiro atoms. The van der Waals surface area contributed by atoms with Crippen molar-refractivity contribution >= 4 is 11.8 Å². The molecule has 0 radical (unpaired) electrons. The van der Waals surface area contributed by atoms with E-state index in [0.717, 1.165) is 11.3 Å². The summed E-state index contributed by atoms with van der Waals surface area (Å²) in [5.41, 5.74) is -0.460. The van der Waals surface area contributed by atoms with Gasteiger partial charge in [0.05, 0.1) is 0 Å². The van der Waals surface area contributed by atoms with Gasteiger partial charge in [0.15, 0.2) is 11.3 Å². The van der Waals surface area contributed by atoms with E-state index < -0.39 is 17.4 Å². The Hall–Kier alpha value is -2.56. The summed E-state index contributed by atoms with van der Waals surface area (Å²) in [4.78, 5) is 14.0. The van der Waals surface area contributed by atoms with Crippen molar-refractivity contribution in [2.24, 2.45) is 0 Å². The number of rotatable bonds is 2. The minimum atomic E-state index is -1.60. The van der Waals surface area contributed by atoms with Gasteiger partial charge < -0.3 is 10.1 Å². The van der Waals surface area contributed by atoms with Crippen LogP contribution < -0.4 is 5.32 Å². The first-order chi connectivity index (χ1) is 11.5. The number of amides is 1. The fraction of sp³-hybridized carbons (Fsp3) is 0.316. The quantitative estimate of drug-likeness (QED) is 0.906. The first kappa shape index (κ1) is 15.0. The van der Waals surface area contributed by atoms with Crippen LogP contribution in [0.1, 0.15) is 24.5 Å². The first-order valence-electron chi connectivity index (χ1n) is 8.09. The molecule has 2 atom stereocenters. The van der Waals surface area contributed by atoms with Gasteiger partial charge in [0.2, 0.25) is 0 Å². The second-order valence-electron chi connectivity index (χ2n) is 6.49. The van der Waals surface area contributed by atoms with Crippen LogP contribution in [0.25, 0.3) is 0 Å². The van der Waals surface area contributed by atoms with Crippen molar-refractivity contribution in [3.63, 3.8) is 0 Å². The number of nitrogens with zero attached hydrogens (tertiary/aromatic N) is 1. The normalized spacial score (nSPS) is 27.3. The molecule has 1 amide bonds. The fourth-order valence-corrected chi connectivity index (χ4v) is 3.78. The molecule has 4 nitrogen and oxygen atoms in total. The maximum atomic E-state index is 15.7. The van der Waals surface area contributed by atoms with Crippen LogP contribution in [0, 0.1) is 0 Å². The average molecular weight is 326 g/mol. The van der Waals surface area contributed by atoms with Gasteiger partial charge in [-0.2, -0.15) is 0 Å². The molecule has 4 rings (SSSR count). The third kappa shape index (κ3) is 2.00. The van der Waals surface area contributed by atoms with E-state index in [4.69, 9.17) is 4.74 Å². The van der Waals surface area contributed by atoms with Crippen LogP contribution in [0.5, 0.6) is 0 Å². The van der Waals surface area contributed by atoms with E-state index >= 15 is 4.39 Å². The maximum Gasteiger partial charge on any atom is 0.412 e. The summed E-state index contributed by atoms with van der Waals surface area (Å²) in [6.45, 7) is 2.23. The molecule has 24 heavy (non-hydrogen) atoms. The number of anilines is 1. The van der Waals surface area contributed by atoms with Crippen molar-refractivity contribution in [3.05, 3.63) is 65.7 Å². The van der Waals surface area contributed by atoms with Crippen molar-refractivity contribution in [2.45, 2.75) is 31.3 Å². The summed E-state index contributed by atoms with van der Waals surface area (Å²) in [7, 11) is 0. The molecule has 0 saturated carbocycles. The molecule has 1 fully saturated rings. The standard InChI is InChI=1S/C19H19FN2O2/c1-18-19(20,15-9-5-6-10-16(15)21-18)11-12-22(18)17(23)24-13-14-7-3-2-4-8-14/h2-10,21H,11-13H2,1H3/t18-,19+/m0/s1. The maximum absolute atomic E-state index is 15.7. The molecule has 0 unspecified atom stereocenters. The fourth-order valence-electron chi connectivity index (χ4n) is 3.78. The van der Waals surface area contributed by atoms with Crippen molar-refractivity contribution in [1.82, 2.24) is 4.90 Å². The monoisotopic (exact) mass is 326 g/mol. The van der Waals surface area contributed by atoms with E-state index in [1.807, 2.05) is 48.5 Å². The lowest BCUT2D eigenvalue weighted by Crippen LogP contribution is -2.56. The highest BCUT2D eigenvalue weighted by Crippen LogP contribution is 2.56. The summed E-state index contributed by atoms with van der Waals surface area (Å²) >= 11 is 0. The molecular weight excluding hydrogens is 307 g/mol. The van der Waals surface area contributed by atoms with Gasteiger partial charge in [0.25, 0.3) is 0 Å². The minimum Gasteiger partial charge on any atom is -0.444 e. The molecule has 1 saturated heterocycles. The Morgan fingerprint density at radius 2 is 1.92 bits per heavy atom. The van der Waals surface area contributed by atoms with Crippen LogP contribution in [0.15, 0.2) is 54.6 Å². The molecule has 2 aliphatic heterocycles. The van der Waals surface area contributed by atoms with Gasteiger partial charge in [-0.3, -0.25) is 4.90 Å². The number of fused-ring (bicyclic) bond motifs is 3. The van der Waals surface area contributed by atoms with Crippen LogP contribution in [0.3, 0.4) is 0 Å². The molecule has 1 N–H and O–H groups in total. The number of carbonyl (C=O) groups is 1. The number of benzene rings is 2. The summed E-state index contributed by atoms with van der Waals surface area (Å²) in [5.74, 6) is 0. The molecule has 2 aromatic rings. The lowest BCUT2D eigenvalue weighted by atomic mass is 9.88. The minimum absolute atomic E-state index is 0.179. The number of hydrogen-bond donors (Lipinski definition) is 1. The number of para-hydroxylation sites is 1. The van der Waals surface area contributed by atoms with Gasteiger partial charge in [-0.25, -0.2) is 9.18 Å². The van der Waals surface area contributed by atoms with E-state index in [1.54, 1.807) is 13.0 Å². The van der Waals surface area contributed by atoms with Crippen LogP contribution in [-0.4, -0.2) is 23.2 Å². The van der Waals surface area contributed by atoms with E-state index in [-0.39, 0.29) is 13.0 Å². The molecule has 124 valence electrons. The van der Waals surface area contributed by atoms with E-state index in [0.29, 0.717) is 12.1 Å². The molecule has 0 aliphatic carbocycles. The molecular formula is C19H19FN2O2. The Balaban J connectivity index is 1.55. The smallest absolute Gasteiger partial charge is 0.412 e. The summed E-state index contributed by atoms with van der Waals surface area (Å²) in [5, 5.41) is 3.19. The Morgan fingerprint density at radius 1 is 1.21 bits per heavy atom. The Labute approximate surface area is 140 Å². The van der Waals surface area contributed by atoms with Gasteiger partial charge in [-0.05, 0) is 18.6 Å². The highest BCUT2D eigenvalue weighted by molar-refractivity contribution is 5.74. The number of hydrogen-bond acceptors (Lipinski definition) is 3. The zero-order valence-corrected chi connectivity index (χ0v) is 13.5. The van der Waals surface area contributed by atoms with Crippen LogP contribution in [0.4, 0.5) is 14.9 Å². The Morgan fingerprint density at radius 3 is 2.71 bits per heavy atom. The van der Waals surface area contributed by atoms with Gasteiger partial charge in [-0.1, -0.05) is 48.5 Å². The van der Waals surface area contributed by atoms with E-state index in [2.05, 4.69) is 5.32 Å². The second kappa shape index (κ2) is 5.23. The second-order valence-corrected chi connectivity index (χ2v) is 6.49. The number of ether oxygens (including phenoxy) is 1. The lowest BCUT2D eigenvalue weighted by Gasteiger charge is -2.37. The number of halogens is 1. The summed E-state index contributed by atoms with van der Waals surface area (Å²) < 4.78 is 21.1. The first-order valence-corrected chi connectivity index (χ1v) is 8.09. The van der Waals surface area contributed by atoms with Crippen LogP contribution in [0.2, 0.25) is 0 Å². The number of likely N-dealkylation sites (tertiary alicyclic amines) is 1. The van der Waals surface area contributed by atoms with E-state index in [1.165, 1.54) is 4.90 Å². The zero-order chi connectivity index (χ0) is 16.8. The van der Waals surface area contributed by atoms with Gasteiger partial charge >= 0.3 is 6.09 Å². The predicted molar refractivity (Wildman–Crippen MR) is 89.2 cm³/mol. The van der Waals surface area contributed by atoms with E-state index in [9.17, 15) is 4.79 Å². The van der Waals surface area contributed by atoms with Gasteiger partial charge in [0, 0.05) is 24.2 Å². The largest absolute Gasteiger partial charge is 0.444 e. The van der Waals surface area contributed by atoms with Crippen molar-refractivity contribution in [1.29, 1.82) is 0 Å². The Kier molecular flexibility index (Phi) is 3.27. The highest BCUT2D eigenvalue weighted by atomic mass is 19.1. The van der Waals surface area contributed by atoms with Crippen LogP contribution >= 0.6 is 0 Å². The SMILES string of the molecule is C[C@@]12Nc3ccccc3[C@]1(F)CCN2C(=O)OCc1ccccc1. The molecule has 0 aromatic heterocycles. The zero-order valence-electron chi connectivity index (χ0n) is 13.5. The molecule has 0 bridgehead atoms. The van der Waals surface area contributed by atoms with Crippen molar-refractivity contribution in [3.8, 4) is 0 Å². The number of nitrogens with one attached hydrogen (secondary N) is 1. The molecule has 5 heteroatoms. The topological polar surface area (TPSA) is 41.6 Å². The third-order valence-corrected chi connectivity index (χ3v) is 5.15. The Bertz CT molecular complexity index is 782. The third-order valence-electron chi connectivity index (χ3n) is 5.15. The lowest BCUT2D eigenvalue weighted by molar-refractivity contribution is 0.0292. The predicted octanol–water partition coefficient (Wildman–Crippen LogP) is 4.04. The van der Waals surface area contributed by atoms with Crippen LogP contribution in [-0.2, 0) is 17.0 Å². The molecule has 2 aliphatic rings. The van der Waals surface area contributed by atoms with Crippen molar-refractivity contribution < 1.29 is 13.9 Å². The summed E-state index contributed by atoms with van der Waals surface area (Å²) in [6, 6.07) is 16.8.